The fraction of sp³-hybridized carbons (Fsp3) is 0.640. The highest BCUT2D eigenvalue weighted by molar-refractivity contribution is 5.92. The molecular formula is C25H36FN3. The van der Waals surface area contributed by atoms with Crippen LogP contribution in [0.3, 0.4) is 0 Å². The maximum absolute atomic E-state index is 13.8. The number of hydrogen-bond donors (Lipinski definition) is 0. The number of nitrogens with zero attached hydrogens (tertiary/aromatic N) is 3. The standard InChI is InChI=1S/C25H36FN3/c1-20-18-25(23-19-22(26)9-10-24(23)27-20)29-16-11-21(12-17-29)8-4-2-5-13-28-14-6-3-7-15-28/h9-10,18-19,21H,2-8,11-17H2,1H3. The van der Waals surface area contributed by atoms with Crippen molar-refractivity contribution in [2.24, 2.45) is 5.92 Å². The van der Waals surface area contributed by atoms with Gasteiger partial charge < -0.3 is 9.80 Å². The predicted octanol–water partition coefficient (Wildman–Crippen LogP) is 5.95. The Morgan fingerprint density at radius 1 is 0.966 bits per heavy atom. The number of piperidine rings is 2. The smallest absolute Gasteiger partial charge is 0.124 e. The van der Waals surface area contributed by atoms with Gasteiger partial charge >= 0.3 is 0 Å². The van der Waals surface area contributed by atoms with E-state index in [9.17, 15) is 4.39 Å². The highest BCUT2D eigenvalue weighted by Gasteiger charge is 2.21. The Bertz CT molecular complexity index is 792. The molecule has 2 aliphatic rings. The van der Waals surface area contributed by atoms with Crippen LogP contribution in [0.4, 0.5) is 10.1 Å². The molecule has 3 nitrogen and oxygen atoms in total. The third-order valence-electron chi connectivity index (χ3n) is 6.87. The Hall–Kier alpha value is -1.68. The number of hydrogen-bond acceptors (Lipinski definition) is 3. The Morgan fingerprint density at radius 2 is 1.76 bits per heavy atom. The van der Waals surface area contributed by atoms with Crippen LogP contribution in [0.15, 0.2) is 24.3 Å². The highest BCUT2D eigenvalue weighted by Crippen LogP contribution is 2.32. The minimum atomic E-state index is -0.177. The van der Waals surface area contributed by atoms with Crippen LogP contribution in [0.2, 0.25) is 0 Å². The van der Waals surface area contributed by atoms with E-state index in [2.05, 4.69) is 20.9 Å². The van der Waals surface area contributed by atoms with Crippen molar-refractivity contribution in [2.75, 3.05) is 37.6 Å². The van der Waals surface area contributed by atoms with Crippen molar-refractivity contribution in [2.45, 2.75) is 64.7 Å². The molecule has 2 fully saturated rings. The molecule has 2 aliphatic heterocycles. The van der Waals surface area contributed by atoms with Crippen LogP contribution in [0.25, 0.3) is 10.9 Å². The molecule has 0 spiro atoms. The molecule has 1 aromatic heterocycles. The molecule has 0 aliphatic carbocycles. The summed E-state index contributed by atoms with van der Waals surface area (Å²) in [4.78, 5) is 9.69. The van der Waals surface area contributed by atoms with Crippen molar-refractivity contribution in [1.82, 2.24) is 9.88 Å². The monoisotopic (exact) mass is 397 g/mol. The van der Waals surface area contributed by atoms with E-state index in [1.54, 1.807) is 12.1 Å². The van der Waals surface area contributed by atoms with Crippen LogP contribution in [0.1, 0.15) is 63.5 Å². The summed E-state index contributed by atoms with van der Waals surface area (Å²) in [6.45, 7) is 8.14. The van der Waals surface area contributed by atoms with Gasteiger partial charge in [-0.15, -0.1) is 0 Å². The number of unbranched alkanes of at least 4 members (excludes halogenated alkanes) is 2. The number of halogens is 1. The van der Waals surface area contributed by atoms with E-state index < -0.39 is 0 Å². The number of benzene rings is 1. The minimum Gasteiger partial charge on any atom is -0.371 e. The molecule has 158 valence electrons. The van der Waals surface area contributed by atoms with Gasteiger partial charge in [0.15, 0.2) is 0 Å². The summed E-state index contributed by atoms with van der Waals surface area (Å²) in [6, 6.07) is 7.09. The maximum atomic E-state index is 13.8. The topological polar surface area (TPSA) is 19.4 Å². The summed E-state index contributed by atoms with van der Waals surface area (Å²) in [5.41, 5.74) is 3.07. The fourth-order valence-corrected chi connectivity index (χ4v) is 5.16. The first-order valence-electron chi connectivity index (χ1n) is 11.7. The van der Waals surface area contributed by atoms with E-state index >= 15 is 0 Å². The zero-order chi connectivity index (χ0) is 20.1. The van der Waals surface area contributed by atoms with Gasteiger partial charge in [-0.3, -0.25) is 4.98 Å². The fourth-order valence-electron chi connectivity index (χ4n) is 5.16. The second kappa shape index (κ2) is 9.88. The van der Waals surface area contributed by atoms with Crippen LogP contribution in [-0.2, 0) is 0 Å². The molecule has 2 saturated heterocycles. The first-order valence-corrected chi connectivity index (χ1v) is 11.7. The summed E-state index contributed by atoms with van der Waals surface area (Å²) in [6.07, 6.45) is 12.2. The first-order chi connectivity index (χ1) is 14.2. The summed E-state index contributed by atoms with van der Waals surface area (Å²) < 4.78 is 13.8. The third-order valence-corrected chi connectivity index (χ3v) is 6.87. The quantitative estimate of drug-likeness (QED) is 0.539. The average Bonchev–Trinajstić information content (AvgIpc) is 2.74. The van der Waals surface area contributed by atoms with E-state index in [-0.39, 0.29) is 5.82 Å². The number of anilines is 1. The molecule has 0 N–H and O–H groups in total. The van der Waals surface area contributed by atoms with Crippen molar-refractivity contribution in [3.8, 4) is 0 Å². The van der Waals surface area contributed by atoms with Crippen LogP contribution >= 0.6 is 0 Å². The zero-order valence-electron chi connectivity index (χ0n) is 18.0. The lowest BCUT2D eigenvalue weighted by Gasteiger charge is -2.34. The van der Waals surface area contributed by atoms with Crippen molar-refractivity contribution in [3.63, 3.8) is 0 Å². The molecule has 0 radical (unpaired) electrons. The number of rotatable bonds is 7. The van der Waals surface area contributed by atoms with Gasteiger partial charge in [0.05, 0.1) is 5.52 Å². The van der Waals surface area contributed by atoms with Crippen molar-refractivity contribution in [1.29, 1.82) is 0 Å². The van der Waals surface area contributed by atoms with E-state index in [0.717, 1.165) is 41.3 Å². The number of aryl methyl sites for hydroxylation is 1. The number of likely N-dealkylation sites (tertiary alicyclic amines) is 1. The molecule has 1 aromatic carbocycles. The molecule has 0 atom stereocenters. The van der Waals surface area contributed by atoms with Gasteiger partial charge in [0.25, 0.3) is 0 Å². The lowest BCUT2D eigenvalue weighted by atomic mass is 9.90. The molecule has 3 heterocycles. The van der Waals surface area contributed by atoms with Gasteiger partial charge in [-0.25, -0.2) is 4.39 Å². The van der Waals surface area contributed by atoms with E-state index in [1.165, 1.54) is 83.5 Å². The van der Waals surface area contributed by atoms with Crippen molar-refractivity contribution in [3.05, 3.63) is 35.8 Å². The summed E-state index contributed by atoms with van der Waals surface area (Å²) in [7, 11) is 0. The second-order valence-electron chi connectivity index (χ2n) is 9.13. The van der Waals surface area contributed by atoms with Gasteiger partial charge in [-0.05, 0) is 88.8 Å². The molecule has 4 heteroatoms. The number of fused-ring (bicyclic) bond motifs is 1. The molecule has 2 aromatic rings. The second-order valence-corrected chi connectivity index (χ2v) is 9.13. The molecule has 0 saturated carbocycles. The first kappa shape index (κ1) is 20.6. The molecule has 0 bridgehead atoms. The molecular weight excluding hydrogens is 361 g/mol. The Morgan fingerprint density at radius 3 is 2.55 bits per heavy atom. The van der Waals surface area contributed by atoms with Gasteiger partial charge in [-0.2, -0.15) is 0 Å². The molecule has 0 unspecified atom stereocenters. The number of pyridine rings is 1. The third kappa shape index (κ3) is 5.48. The van der Waals surface area contributed by atoms with Crippen LogP contribution in [-0.4, -0.2) is 42.6 Å². The summed E-state index contributed by atoms with van der Waals surface area (Å²) in [5, 5.41) is 0.951. The van der Waals surface area contributed by atoms with E-state index in [0.29, 0.717) is 0 Å². The zero-order valence-corrected chi connectivity index (χ0v) is 18.0. The van der Waals surface area contributed by atoms with Crippen LogP contribution in [0.5, 0.6) is 0 Å². The maximum Gasteiger partial charge on any atom is 0.124 e. The highest BCUT2D eigenvalue weighted by atomic mass is 19.1. The summed E-state index contributed by atoms with van der Waals surface area (Å²) in [5.74, 6) is 0.677. The lowest BCUT2D eigenvalue weighted by molar-refractivity contribution is 0.223. The average molecular weight is 398 g/mol. The summed E-state index contributed by atoms with van der Waals surface area (Å²) >= 11 is 0. The number of aromatic nitrogens is 1. The normalized spacial score (nSPS) is 19.2. The van der Waals surface area contributed by atoms with Crippen molar-refractivity contribution >= 4 is 16.6 Å². The van der Waals surface area contributed by atoms with Gasteiger partial charge in [0.1, 0.15) is 5.82 Å². The van der Waals surface area contributed by atoms with Crippen LogP contribution in [0, 0.1) is 18.7 Å². The van der Waals surface area contributed by atoms with E-state index in [4.69, 9.17) is 0 Å². The Labute approximate surface area is 175 Å². The molecule has 0 amide bonds. The van der Waals surface area contributed by atoms with Gasteiger partial charge in [0.2, 0.25) is 0 Å². The predicted molar refractivity (Wildman–Crippen MR) is 120 cm³/mol. The van der Waals surface area contributed by atoms with Crippen LogP contribution < -0.4 is 4.90 Å². The minimum absolute atomic E-state index is 0.177. The van der Waals surface area contributed by atoms with Gasteiger partial charge in [-0.1, -0.05) is 25.7 Å². The Kier molecular flexibility index (Phi) is 7.02. The van der Waals surface area contributed by atoms with Gasteiger partial charge in [0, 0.05) is 29.9 Å². The molecule has 29 heavy (non-hydrogen) atoms. The SMILES string of the molecule is Cc1cc(N2CCC(CCCCCN3CCCCC3)CC2)c2cc(F)ccc2n1. The van der Waals surface area contributed by atoms with E-state index in [1.807, 2.05) is 6.92 Å². The van der Waals surface area contributed by atoms with Crippen molar-refractivity contribution < 1.29 is 4.39 Å². The Balaban J connectivity index is 1.23. The lowest BCUT2D eigenvalue weighted by Crippen LogP contribution is -2.34. The largest absolute Gasteiger partial charge is 0.371 e. The molecule has 4 rings (SSSR count).